The number of benzene rings is 2. The van der Waals surface area contributed by atoms with Crippen molar-refractivity contribution in [2.45, 2.75) is 13.5 Å². The van der Waals surface area contributed by atoms with Gasteiger partial charge in [0.1, 0.15) is 5.82 Å². The van der Waals surface area contributed by atoms with Crippen LogP contribution in [0.3, 0.4) is 0 Å². The Morgan fingerprint density at radius 3 is 2.42 bits per heavy atom. The maximum atomic E-state index is 13.7. The molecule has 2 aromatic rings. The summed E-state index contributed by atoms with van der Waals surface area (Å²) >= 11 is 5.78. The van der Waals surface area contributed by atoms with E-state index in [2.05, 4.69) is 5.32 Å². The van der Waals surface area contributed by atoms with Crippen LogP contribution in [-0.2, 0) is 11.3 Å². The standard InChI is InChI=1S/C18H18ClFN2O2/c1-13(23)22(12-15-4-2-3-5-17(15)20)11-10-21-18(24)14-6-8-16(19)9-7-14/h2-9H,10-12H2,1H3,(H,21,24). The molecule has 0 spiro atoms. The third-order valence-corrected chi connectivity index (χ3v) is 3.79. The number of rotatable bonds is 6. The lowest BCUT2D eigenvalue weighted by molar-refractivity contribution is -0.129. The zero-order valence-electron chi connectivity index (χ0n) is 13.3. The van der Waals surface area contributed by atoms with E-state index < -0.39 is 0 Å². The lowest BCUT2D eigenvalue weighted by Gasteiger charge is -2.21. The van der Waals surface area contributed by atoms with E-state index in [1.54, 1.807) is 42.5 Å². The fourth-order valence-corrected chi connectivity index (χ4v) is 2.31. The average Bonchev–Trinajstić information content (AvgIpc) is 2.56. The highest BCUT2D eigenvalue weighted by Gasteiger charge is 2.12. The molecule has 0 unspecified atom stereocenters. The van der Waals surface area contributed by atoms with Crippen molar-refractivity contribution < 1.29 is 14.0 Å². The average molecular weight is 349 g/mol. The Kier molecular flexibility index (Phi) is 6.32. The third-order valence-electron chi connectivity index (χ3n) is 3.54. The molecule has 2 rings (SSSR count). The quantitative estimate of drug-likeness (QED) is 0.871. The minimum atomic E-state index is -0.353. The predicted molar refractivity (Wildman–Crippen MR) is 91.3 cm³/mol. The van der Waals surface area contributed by atoms with Crippen molar-refractivity contribution in [3.63, 3.8) is 0 Å². The Bertz CT molecular complexity index is 719. The van der Waals surface area contributed by atoms with Gasteiger partial charge in [0.15, 0.2) is 0 Å². The van der Waals surface area contributed by atoms with Crippen LogP contribution in [0.2, 0.25) is 5.02 Å². The molecule has 0 aliphatic rings. The number of carbonyl (C=O) groups is 2. The Labute approximate surface area is 145 Å². The molecule has 2 aromatic carbocycles. The highest BCUT2D eigenvalue weighted by atomic mass is 35.5. The zero-order valence-corrected chi connectivity index (χ0v) is 14.0. The van der Waals surface area contributed by atoms with Crippen molar-refractivity contribution in [1.82, 2.24) is 10.2 Å². The monoisotopic (exact) mass is 348 g/mol. The molecule has 6 heteroatoms. The third kappa shape index (κ3) is 5.06. The van der Waals surface area contributed by atoms with Gasteiger partial charge < -0.3 is 10.2 Å². The lowest BCUT2D eigenvalue weighted by atomic mass is 10.2. The lowest BCUT2D eigenvalue weighted by Crippen LogP contribution is -2.37. The molecule has 1 N–H and O–H groups in total. The van der Waals surface area contributed by atoms with E-state index in [1.807, 2.05) is 0 Å². The molecule has 0 aliphatic heterocycles. The van der Waals surface area contributed by atoms with Gasteiger partial charge in [-0.05, 0) is 30.3 Å². The Morgan fingerprint density at radius 1 is 1.12 bits per heavy atom. The SMILES string of the molecule is CC(=O)N(CCNC(=O)c1ccc(Cl)cc1)Cc1ccccc1F. The van der Waals surface area contributed by atoms with Crippen LogP contribution in [0.4, 0.5) is 4.39 Å². The minimum absolute atomic E-state index is 0.165. The number of nitrogens with zero attached hydrogens (tertiary/aromatic N) is 1. The fraction of sp³-hybridized carbons (Fsp3) is 0.222. The topological polar surface area (TPSA) is 49.4 Å². The molecule has 0 saturated heterocycles. The Balaban J connectivity index is 1.90. The van der Waals surface area contributed by atoms with E-state index in [0.29, 0.717) is 22.7 Å². The van der Waals surface area contributed by atoms with E-state index in [1.165, 1.54) is 17.9 Å². The summed E-state index contributed by atoms with van der Waals surface area (Å²) < 4.78 is 13.7. The maximum Gasteiger partial charge on any atom is 0.251 e. The molecular formula is C18H18ClFN2O2. The van der Waals surface area contributed by atoms with Crippen molar-refractivity contribution in [2.24, 2.45) is 0 Å². The van der Waals surface area contributed by atoms with E-state index in [0.717, 1.165) is 0 Å². The number of carbonyl (C=O) groups excluding carboxylic acids is 2. The highest BCUT2D eigenvalue weighted by molar-refractivity contribution is 6.30. The summed E-state index contributed by atoms with van der Waals surface area (Å²) in [7, 11) is 0. The Hall–Kier alpha value is -2.40. The second-order valence-electron chi connectivity index (χ2n) is 5.29. The number of nitrogens with one attached hydrogen (secondary N) is 1. The Morgan fingerprint density at radius 2 is 1.79 bits per heavy atom. The van der Waals surface area contributed by atoms with Crippen LogP contribution in [0.15, 0.2) is 48.5 Å². The molecule has 4 nitrogen and oxygen atoms in total. The number of halogens is 2. The van der Waals surface area contributed by atoms with Gasteiger partial charge >= 0.3 is 0 Å². The van der Waals surface area contributed by atoms with E-state index in [-0.39, 0.29) is 30.7 Å². The summed E-state index contributed by atoms with van der Waals surface area (Å²) in [5, 5.41) is 3.29. The zero-order chi connectivity index (χ0) is 17.5. The summed E-state index contributed by atoms with van der Waals surface area (Å²) in [6.07, 6.45) is 0. The molecule has 24 heavy (non-hydrogen) atoms. The normalized spacial score (nSPS) is 10.3. The van der Waals surface area contributed by atoms with E-state index in [9.17, 15) is 14.0 Å². The van der Waals surface area contributed by atoms with Crippen LogP contribution < -0.4 is 5.32 Å². The predicted octanol–water partition coefficient (Wildman–Crippen LogP) is 3.26. The van der Waals surface area contributed by atoms with Crippen LogP contribution in [-0.4, -0.2) is 29.8 Å². The molecule has 126 valence electrons. The van der Waals surface area contributed by atoms with E-state index in [4.69, 9.17) is 11.6 Å². The molecular weight excluding hydrogens is 331 g/mol. The number of hydrogen-bond donors (Lipinski definition) is 1. The largest absolute Gasteiger partial charge is 0.350 e. The van der Waals surface area contributed by atoms with Gasteiger partial charge in [-0.15, -0.1) is 0 Å². The molecule has 2 amide bonds. The first kappa shape index (κ1) is 17.9. The van der Waals surface area contributed by atoms with Crippen molar-refractivity contribution in [3.05, 3.63) is 70.5 Å². The molecule has 0 radical (unpaired) electrons. The first-order valence-electron chi connectivity index (χ1n) is 7.50. The maximum absolute atomic E-state index is 13.7. The molecule has 0 fully saturated rings. The molecule has 0 heterocycles. The smallest absolute Gasteiger partial charge is 0.251 e. The highest BCUT2D eigenvalue weighted by Crippen LogP contribution is 2.11. The van der Waals surface area contributed by atoms with Gasteiger partial charge in [0.2, 0.25) is 5.91 Å². The fourth-order valence-electron chi connectivity index (χ4n) is 2.19. The van der Waals surface area contributed by atoms with Crippen molar-refractivity contribution >= 4 is 23.4 Å². The number of hydrogen-bond acceptors (Lipinski definition) is 2. The first-order chi connectivity index (χ1) is 11.5. The van der Waals surface area contributed by atoms with Crippen LogP contribution in [0.25, 0.3) is 0 Å². The number of amides is 2. The molecule has 0 aromatic heterocycles. The second-order valence-corrected chi connectivity index (χ2v) is 5.73. The second kappa shape index (κ2) is 8.45. The summed E-state index contributed by atoms with van der Waals surface area (Å²) in [6.45, 7) is 2.15. The minimum Gasteiger partial charge on any atom is -0.350 e. The molecule has 0 saturated carbocycles. The molecule has 0 atom stereocenters. The summed E-state index contributed by atoms with van der Waals surface area (Å²) in [5.41, 5.74) is 0.930. The molecule has 0 bridgehead atoms. The molecule has 0 aliphatic carbocycles. The van der Waals surface area contributed by atoms with Crippen LogP contribution in [0, 0.1) is 5.82 Å². The first-order valence-corrected chi connectivity index (χ1v) is 7.88. The summed E-state index contributed by atoms with van der Waals surface area (Å²) in [5.74, 6) is -0.783. The summed E-state index contributed by atoms with van der Waals surface area (Å²) in [4.78, 5) is 25.2. The van der Waals surface area contributed by atoms with Gasteiger partial charge in [0.05, 0.1) is 0 Å². The van der Waals surface area contributed by atoms with Gasteiger partial charge in [0.25, 0.3) is 5.91 Å². The summed E-state index contributed by atoms with van der Waals surface area (Å²) in [6, 6.07) is 12.8. The van der Waals surface area contributed by atoms with Crippen molar-refractivity contribution in [2.75, 3.05) is 13.1 Å². The van der Waals surface area contributed by atoms with Gasteiger partial charge in [-0.25, -0.2) is 4.39 Å². The van der Waals surface area contributed by atoms with Gasteiger partial charge in [0, 0.05) is 42.7 Å². The van der Waals surface area contributed by atoms with Gasteiger partial charge in [-0.1, -0.05) is 29.8 Å². The van der Waals surface area contributed by atoms with Crippen LogP contribution >= 0.6 is 11.6 Å². The van der Waals surface area contributed by atoms with Crippen molar-refractivity contribution in [1.29, 1.82) is 0 Å². The van der Waals surface area contributed by atoms with Crippen LogP contribution in [0.5, 0.6) is 0 Å². The van der Waals surface area contributed by atoms with Crippen LogP contribution in [0.1, 0.15) is 22.8 Å². The van der Waals surface area contributed by atoms with Gasteiger partial charge in [-0.3, -0.25) is 9.59 Å². The van der Waals surface area contributed by atoms with Gasteiger partial charge in [-0.2, -0.15) is 0 Å². The van der Waals surface area contributed by atoms with Crippen molar-refractivity contribution in [3.8, 4) is 0 Å². The van der Waals surface area contributed by atoms with E-state index >= 15 is 0 Å².